The fourth-order valence-electron chi connectivity index (χ4n) is 3.70. The second-order valence-corrected chi connectivity index (χ2v) is 7.89. The lowest BCUT2D eigenvalue weighted by atomic mass is 9.95. The Morgan fingerprint density at radius 2 is 1.42 bits per heavy atom. The Kier molecular flexibility index (Phi) is 7.95. The van der Waals surface area contributed by atoms with Crippen molar-refractivity contribution in [1.82, 2.24) is 0 Å². The van der Waals surface area contributed by atoms with Crippen LogP contribution in [0.3, 0.4) is 0 Å². The van der Waals surface area contributed by atoms with Gasteiger partial charge in [-0.1, -0.05) is 56.2 Å². The molecule has 0 unspecified atom stereocenters. The average molecular weight is 464 g/mol. The van der Waals surface area contributed by atoms with E-state index >= 15 is 4.39 Å². The number of alkyl halides is 3. The highest BCUT2D eigenvalue weighted by molar-refractivity contribution is 5.72. The third-order valence-electron chi connectivity index (χ3n) is 5.42. The molecule has 3 aromatic rings. The normalized spacial score (nSPS) is 11.6. The van der Waals surface area contributed by atoms with Gasteiger partial charge in [0.25, 0.3) is 0 Å². The third-order valence-corrected chi connectivity index (χ3v) is 5.42. The first-order valence-electron chi connectivity index (χ1n) is 10.8. The zero-order valence-electron chi connectivity index (χ0n) is 18.2. The van der Waals surface area contributed by atoms with Crippen LogP contribution in [-0.2, 0) is 19.3 Å². The molecule has 0 aliphatic rings. The number of rotatable bonds is 9. The molecule has 176 valence electrons. The molecule has 33 heavy (non-hydrogen) atoms. The molecule has 0 aromatic heterocycles. The van der Waals surface area contributed by atoms with Gasteiger partial charge in [-0.3, -0.25) is 0 Å². The van der Waals surface area contributed by atoms with Crippen LogP contribution in [0.5, 0.6) is 11.5 Å². The number of aromatic hydroxyl groups is 1. The van der Waals surface area contributed by atoms with E-state index in [-0.39, 0.29) is 29.7 Å². The summed E-state index contributed by atoms with van der Waals surface area (Å²) in [6.07, 6.45) is -0.425. The Morgan fingerprint density at radius 3 is 2.03 bits per heavy atom. The van der Waals surface area contributed by atoms with Gasteiger partial charge in [-0.05, 0) is 54.5 Å². The summed E-state index contributed by atoms with van der Waals surface area (Å²) in [4.78, 5) is 0. The van der Waals surface area contributed by atoms with Gasteiger partial charge in [-0.15, -0.1) is 13.2 Å². The molecular weight excluding hydrogens is 439 g/mol. The maximum absolute atomic E-state index is 15.2. The number of ether oxygens (including phenoxy) is 1. The van der Waals surface area contributed by atoms with Crippen molar-refractivity contribution in [1.29, 1.82) is 0 Å². The van der Waals surface area contributed by atoms with Crippen LogP contribution in [0.2, 0.25) is 0 Å². The molecule has 0 radical (unpaired) electrons. The van der Waals surface area contributed by atoms with Crippen LogP contribution < -0.4 is 4.74 Å². The predicted molar refractivity (Wildman–Crippen MR) is 117 cm³/mol. The Balaban J connectivity index is 1.77. The number of phenols is 1. The number of hydrogen-bond acceptors (Lipinski definition) is 2. The first-order valence-corrected chi connectivity index (χ1v) is 10.8. The highest BCUT2D eigenvalue weighted by Crippen LogP contribution is 2.36. The van der Waals surface area contributed by atoms with E-state index in [9.17, 15) is 22.7 Å². The Labute approximate surface area is 189 Å². The van der Waals surface area contributed by atoms with E-state index in [1.165, 1.54) is 12.1 Å². The van der Waals surface area contributed by atoms with Crippen LogP contribution in [0.15, 0.2) is 54.6 Å². The minimum absolute atomic E-state index is 0.0283. The van der Waals surface area contributed by atoms with E-state index in [1.807, 2.05) is 12.1 Å². The molecule has 7 heteroatoms. The number of halogens is 5. The van der Waals surface area contributed by atoms with Crippen molar-refractivity contribution >= 4 is 0 Å². The summed E-state index contributed by atoms with van der Waals surface area (Å²) in [7, 11) is 0. The highest BCUT2D eigenvalue weighted by atomic mass is 19.4. The van der Waals surface area contributed by atoms with Gasteiger partial charge in [-0.2, -0.15) is 0 Å². The summed E-state index contributed by atoms with van der Waals surface area (Å²) in [5.74, 6) is -2.57. The van der Waals surface area contributed by atoms with Gasteiger partial charge in [-0.25, -0.2) is 8.78 Å². The van der Waals surface area contributed by atoms with Gasteiger partial charge in [0.05, 0.1) is 5.56 Å². The smallest absolute Gasteiger partial charge is 0.507 e. The second kappa shape index (κ2) is 10.7. The van der Waals surface area contributed by atoms with E-state index in [0.29, 0.717) is 11.1 Å². The quantitative estimate of drug-likeness (QED) is 0.259. The third kappa shape index (κ3) is 6.70. The summed E-state index contributed by atoms with van der Waals surface area (Å²) in [5.41, 5.74) is 1.88. The van der Waals surface area contributed by atoms with Gasteiger partial charge in [0, 0.05) is 11.6 Å². The van der Waals surface area contributed by atoms with Crippen LogP contribution in [0.25, 0.3) is 11.1 Å². The van der Waals surface area contributed by atoms with E-state index in [0.717, 1.165) is 49.4 Å². The lowest BCUT2D eigenvalue weighted by Crippen LogP contribution is -2.17. The van der Waals surface area contributed by atoms with Crippen LogP contribution in [0, 0.1) is 11.6 Å². The van der Waals surface area contributed by atoms with Crippen molar-refractivity contribution in [3.8, 4) is 22.6 Å². The molecule has 0 amide bonds. The molecule has 3 aromatic carbocycles. The number of unbranched alkanes of at least 4 members (excludes halogenated alkanes) is 2. The van der Waals surface area contributed by atoms with Crippen molar-refractivity contribution in [2.45, 2.75) is 51.8 Å². The van der Waals surface area contributed by atoms with E-state index in [1.54, 1.807) is 12.1 Å². The lowest BCUT2D eigenvalue weighted by molar-refractivity contribution is -0.274. The number of hydrogen-bond donors (Lipinski definition) is 1. The first-order chi connectivity index (χ1) is 15.7. The van der Waals surface area contributed by atoms with E-state index in [2.05, 4.69) is 11.7 Å². The van der Waals surface area contributed by atoms with Crippen molar-refractivity contribution in [3.63, 3.8) is 0 Å². The molecule has 0 aliphatic heterocycles. The summed E-state index contributed by atoms with van der Waals surface area (Å²) >= 11 is 0. The predicted octanol–water partition coefficient (Wildman–Crippen LogP) is 7.75. The summed E-state index contributed by atoms with van der Waals surface area (Å²) < 4.78 is 70.3. The van der Waals surface area contributed by atoms with Gasteiger partial charge in [0.1, 0.15) is 23.1 Å². The van der Waals surface area contributed by atoms with E-state index < -0.39 is 23.7 Å². The lowest BCUT2D eigenvalue weighted by Gasteiger charge is -2.13. The molecule has 1 N–H and O–H groups in total. The van der Waals surface area contributed by atoms with Crippen LogP contribution in [0.1, 0.15) is 42.9 Å². The molecule has 0 spiro atoms. The van der Waals surface area contributed by atoms with Crippen LogP contribution >= 0.6 is 0 Å². The number of benzene rings is 3. The average Bonchev–Trinajstić information content (AvgIpc) is 2.75. The van der Waals surface area contributed by atoms with Crippen molar-refractivity contribution in [3.05, 3.63) is 82.9 Å². The van der Waals surface area contributed by atoms with Crippen LogP contribution in [0.4, 0.5) is 22.0 Å². The van der Waals surface area contributed by atoms with Crippen molar-refractivity contribution < 1.29 is 31.8 Å². The molecule has 0 atom stereocenters. The van der Waals surface area contributed by atoms with Gasteiger partial charge >= 0.3 is 6.36 Å². The van der Waals surface area contributed by atoms with Gasteiger partial charge in [0.15, 0.2) is 0 Å². The molecule has 0 aliphatic carbocycles. The molecule has 0 heterocycles. The minimum Gasteiger partial charge on any atom is -0.507 e. The summed E-state index contributed by atoms with van der Waals surface area (Å²) in [6, 6.07) is 13.2. The number of phenolic OH excluding ortho intramolecular Hbond substituents is 1. The zero-order chi connectivity index (χ0) is 24.0. The van der Waals surface area contributed by atoms with Gasteiger partial charge < -0.3 is 9.84 Å². The fraction of sp³-hybridized carbons (Fsp3) is 0.308. The second-order valence-electron chi connectivity index (χ2n) is 7.89. The molecule has 2 nitrogen and oxygen atoms in total. The highest BCUT2D eigenvalue weighted by Gasteiger charge is 2.31. The number of aryl methyl sites for hydroxylation is 2. The maximum Gasteiger partial charge on any atom is 0.573 e. The first kappa shape index (κ1) is 24.6. The topological polar surface area (TPSA) is 29.5 Å². The molecule has 3 rings (SSSR count). The molecule has 0 bridgehead atoms. The fourth-order valence-corrected chi connectivity index (χ4v) is 3.70. The van der Waals surface area contributed by atoms with Gasteiger partial charge in [0.2, 0.25) is 0 Å². The standard InChI is InChI=1S/C26H25F5O2/c1-2-3-4-5-17-6-11-19(12-7-17)24-23(32)16-22(27)21(25(24)28)15-10-18-8-13-20(14-9-18)33-26(29,30)31/h6-9,11-14,16,32H,2-5,10,15H2,1H3. The summed E-state index contributed by atoms with van der Waals surface area (Å²) in [5, 5.41) is 10.2. The largest absolute Gasteiger partial charge is 0.573 e. The Bertz CT molecular complexity index is 1060. The monoisotopic (exact) mass is 464 g/mol. The molecular formula is C26H25F5O2. The SMILES string of the molecule is CCCCCc1ccc(-c2c(O)cc(F)c(CCc3ccc(OC(F)(F)F)cc3)c2F)cc1. The maximum atomic E-state index is 15.2. The zero-order valence-corrected chi connectivity index (χ0v) is 18.2. The Morgan fingerprint density at radius 1 is 0.818 bits per heavy atom. The van der Waals surface area contributed by atoms with Crippen molar-refractivity contribution in [2.75, 3.05) is 0 Å². The molecule has 0 fully saturated rings. The minimum atomic E-state index is -4.79. The molecule has 0 saturated heterocycles. The molecule has 0 saturated carbocycles. The Hall–Kier alpha value is -3.09. The van der Waals surface area contributed by atoms with Crippen molar-refractivity contribution in [2.24, 2.45) is 0 Å². The van der Waals surface area contributed by atoms with E-state index in [4.69, 9.17) is 0 Å². The summed E-state index contributed by atoms with van der Waals surface area (Å²) in [6.45, 7) is 2.12. The van der Waals surface area contributed by atoms with Crippen LogP contribution in [-0.4, -0.2) is 11.5 Å².